The first-order valence-electron chi connectivity index (χ1n) is 6.41. The normalized spacial score (nSPS) is 20.6. The largest absolute Gasteiger partial charge is 0.468 e. The van der Waals surface area contributed by atoms with Crippen molar-refractivity contribution in [1.29, 1.82) is 0 Å². The smallest absolute Gasteiger partial charge is 0.327 e. The van der Waals surface area contributed by atoms with E-state index in [0.29, 0.717) is 6.04 Å². The van der Waals surface area contributed by atoms with Gasteiger partial charge in [0.15, 0.2) is 0 Å². The van der Waals surface area contributed by atoms with Crippen molar-refractivity contribution in [2.24, 2.45) is 0 Å². The summed E-state index contributed by atoms with van der Waals surface area (Å²) in [6.45, 7) is 1.86. The summed E-state index contributed by atoms with van der Waals surface area (Å²) in [6.07, 6.45) is 2.37. The quantitative estimate of drug-likeness (QED) is 0.770. The second-order valence-corrected chi connectivity index (χ2v) is 4.57. The van der Waals surface area contributed by atoms with Gasteiger partial charge in [0.2, 0.25) is 0 Å². The lowest BCUT2D eigenvalue weighted by molar-refractivity contribution is -0.143. The number of methoxy groups -OCH3 is 1. The second-order valence-electron chi connectivity index (χ2n) is 4.57. The third-order valence-electron chi connectivity index (χ3n) is 3.30. The van der Waals surface area contributed by atoms with Gasteiger partial charge in [-0.25, -0.2) is 4.79 Å². The molecule has 1 fully saturated rings. The van der Waals surface area contributed by atoms with Crippen LogP contribution >= 0.6 is 0 Å². The molecular formula is C14H20N2O2. The molecule has 1 aliphatic rings. The molecule has 0 amide bonds. The van der Waals surface area contributed by atoms with Crippen LogP contribution in [-0.2, 0) is 9.53 Å². The van der Waals surface area contributed by atoms with Crippen LogP contribution in [0.2, 0.25) is 0 Å². The van der Waals surface area contributed by atoms with Gasteiger partial charge in [-0.3, -0.25) is 5.32 Å². The Hall–Kier alpha value is -1.39. The molecular weight excluding hydrogens is 228 g/mol. The highest BCUT2D eigenvalue weighted by molar-refractivity contribution is 5.77. The molecule has 1 aromatic carbocycles. The molecule has 1 aromatic rings. The number of esters is 1. The molecule has 0 bridgehead atoms. The van der Waals surface area contributed by atoms with Gasteiger partial charge in [0.1, 0.15) is 6.04 Å². The Morgan fingerprint density at radius 2 is 2.28 bits per heavy atom. The zero-order chi connectivity index (χ0) is 12.8. The average Bonchev–Trinajstić information content (AvgIpc) is 2.93. The van der Waals surface area contributed by atoms with Crippen molar-refractivity contribution in [3.05, 3.63) is 35.9 Å². The first-order chi connectivity index (χ1) is 8.81. The number of hydrogen-bond donors (Lipinski definition) is 2. The average molecular weight is 248 g/mol. The van der Waals surface area contributed by atoms with E-state index >= 15 is 0 Å². The van der Waals surface area contributed by atoms with Crippen molar-refractivity contribution in [2.45, 2.75) is 24.9 Å². The Kier molecular flexibility index (Phi) is 4.73. The van der Waals surface area contributed by atoms with Crippen LogP contribution in [0, 0.1) is 0 Å². The predicted octanol–water partition coefficient (Wildman–Crippen LogP) is 1.24. The summed E-state index contributed by atoms with van der Waals surface area (Å²) in [5, 5.41) is 6.70. The zero-order valence-electron chi connectivity index (χ0n) is 10.7. The fraction of sp³-hybridized carbons (Fsp3) is 0.500. The van der Waals surface area contributed by atoms with E-state index in [2.05, 4.69) is 10.6 Å². The van der Waals surface area contributed by atoms with Gasteiger partial charge in [-0.15, -0.1) is 0 Å². The minimum absolute atomic E-state index is 0.237. The summed E-state index contributed by atoms with van der Waals surface area (Å²) < 4.78 is 4.86. The monoisotopic (exact) mass is 248 g/mol. The van der Waals surface area contributed by atoms with Crippen LogP contribution < -0.4 is 10.6 Å². The zero-order valence-corrected chi connectivity index (χ0v) is 10.7. The Bertz CT molecular complexity index is 375. The number of carbonyl (C=O) groups is 1. The maximum atomic E-state index is 11.8. The van der Waals surface area contributed by atoms with Crippen molar-refractivity contribution in [2.75, 3.05) is 20.2 Å². The van der Waals surface area contributed by atoms with Gasteiger partial charge >= 0.3 is 5.97 Å². The van der Waals surface area contributed by atoms with E-state index in [0.717, 1.165) is 25.1 Å². The van der Waals surface area contributed by atoms with Crippen LogP contribution in [0.3, 0.4) is 0 Å². The van der Waals surface area contributed by atoms with Gasteiger partial charge in [0, 0.05) is 12.6 Å². The fourth-order valence-corrected chi connectivity index (χ4v) is 2.29. The lowest BCUT2D eigenvalue weighted by Crippen LogP contribution is -2.39. The maximum absolute atomic E-state index is 11.8. The first-order valence-corrected chi connectivity index (χ1v) is 6.41. The number of nitrogens with one attached hydrogen (secondary N) is 2. The molecule has 1 saturated heterocycles. The van der Waals surface area contributed by atoms with Gasteiger partial charge in [-0.2, -0.15) is 0 Å². The van der Waals surface area contributed by atoms with Gasteiger partial charge in [0.25, 0.3) is 0 Å². The molecule has 4 nitrogen and oxygen atoms in total. The molecule has 0 saturated carbocycles. The molecule has 2 atom stereocenters. The molecule has 1 heterocycles. The molecule has 18 heavy (non-hydrogen) atoms. The van der Waals surface area contributed by atoms with Crippen LogP contribution in [0.25, 0.3) is 0 Å². The molecule has 0 radical (unpaired) electrons. The van der Waals surface area contributed by atoms with E-state index < -0.39 is 0 Å². The van der Waals surface area contributed by atoms with Crippen LogP contribution in [0.1, 0.15) is 24.4 Å². The molecule has 2 rings (SSSR count). The van der Waals surface area contributed by atoms with Crippen molar-refractivity contribution in [3.8, 4) is 0 Å². The van der Waals surface area contributed by atoms with Crippen LogP contribution in [-0.4, -0.2) is 32.2 Å². The van der Waals surface area contributed by atoms with Crippen molar-refractivity contribution in [3.63, 3.8) is 0 Å². The standard InChI is InChI=1S/C14H20N2O2/c1-18-14(17)13(11-6-3-2-4-7-11)16-10-12-8-5-9-15-12/h2-4,6-7,12-13,15-16H,5,8-10H2,1H3. The first kappa shape index (κ1) is 13.1. The van der Waals surface area contributed by atoms with E-state index in [9.17, 15) is 4.79 Å². The summed E-state index contributed by atoms with van der Waals surface area (Å²) in [5.74, 6) is -0.237. The Balaban J connectivity index is 1.99. The lowest BCUT2D eigenvalue weighted by Gasteiger charge is -2.19. The third-order valence-corrected chi connectivity index (χ3v) is 3.30. The molecule has 4 heteroatoms. The predicted molar refractivity (Wildman–Crippen MR) is 70.2 cm³/mol. The maximum Gasteiger partial charge on any atom is 0.327 e. The third kappa shape index (κ3) is 3.31. The summed E-state index contributed by atoms with van der Waals surface area (Å²) in [5.41, 5.74) is 0.947. The van der Waals surface area contributed by atoms with Crippen LogP contribution in [0.15, 0.2) is 30.3 Å². The summed E-state index contributed by atoms with van der Waals surface area (Å²) >= 11 is 0. The molecule has 2 unspecified atom stereocenters. The van der Waals surface area contributed by atoms with Crippen molar-refractivity contribution < 1.29 is 9.53 Å². The Morgan fingerprint density at radius 3 is 2.89 bits per heavy atom. The van der Waals surface area contributed by atoms with Gasteiger partial charge in [-0.05, 0) is 24.9 Å². The van der Waals surface area contributed by atoms with Gasteiger partial charge in [-0.1, -0.05) is 30.3 Å². The summed E-state index contributed by atoms with van der Waals surface area (Å²) in [4.78, 5) is 11.8. The van der Waals surface area contributed by atoms with E-state index in [1.807, 2.05) is 30.3 Å². The summed E-state index contributed by atoms with van der Waals surface area (Å²) in [6, 6.07) is 9.77. The van der Waals surface area contributed by atoms with E-state index in [4.69, 9.17) is 4.74 Å². The number of rotatable bonds is 5. The highest BCUT2D eigenvalue weighted by Gasteiger charge is 2.23. The Morgan fingerprint density at radius 1 is 1.50 bits per heavy atom. The fourth-order valence-electron chi connectivity index (χ4n) is 2.29. The van der Waals surface area contributed by atoms with E-state index in [1.165, 1.54) is 13.5 Å². The number of benzene rings is 1. The second kappa shape index (κ2) is 6.52. The van der Waals surface area contributed by atoms with Crippen LogP contribution in [0.4, 0.5) is 0 Å². The van der Waals surface area contributed by atoms with E-state index in [-0.39, 0.29) is 12.0 Å². The number of carbonyl (C=O) groups excluding carboxylic acids is 1. The summed E-state index contributed by atoms with van der Waals surface area (Å²) in [7, 11) is 1.42. The highest BCUT2D eigenvalue weighted by Crippen LogP contribution is 2.15. The minimum atomic E-state index is -0.376. The topological polar surface area (TPSA) is 50.4 Å². The van der Waals surface area contributed by atoms with Gasteiger partial charge in [0.05, 0.1) is 7.11 Å². The van der Waals surface area contributed by atoms with Crippen molar-refractivity contribution in [1.82, 2.24) is 10.6 Å². The van der Waals surface area contributed by atoms with Crippen LogP contribution in [0.5, 0.6) is 0 Å². The number of ether oxygens (including phenoxy) is 1. The molecule has 1 aliphatic heterocycles. The Labute approximate surface area is 108 Å². The highest BCUT2D eigenvalue weighted by atomic mass is 16.5. The lowest BCUT2D eigenvalue weighted by atomic mass is 10.1. The van der Waals surface area contributed by atoms with E-state index in [1.54, 1.807) is 0 Å². The molecule has 0 spiro atoms. The number of hydrogen-bond acceptors (Lipinski definition) is 4. The molecule has 0 aliphatic carbocycles. The molecule has 98 valence electrons. The van der Waals surface area contributed by atoms with Crippen molar-refractivity contribution >= 4 is 5.97 Å². The molecule has 0 aromatic heterocycles. The SMILES string of the molecule is COC(=O)C(NCC1CCCN1)c1ccccc1. The minimum Gasteiger partial charge on any atom is -0.468 e. The molecule has 2 N–H and O–H groups in total. The van der Waals surface area contributed by atoms with Gasteiger partial charge < -0.3 is 10.1 Å².